The molecule has 4 nitrogen and oxygen atoms in total. The zero-order valence-electron chi connectivity index (χ0n) is 11.0. The Bertz CT molecular complexity index is 326. The summed E-state index contributed by atoms with van der Waals surface area (Å²) in [7, 11) is 0. The molecule has 0 aromatic carbocycles. The average Bonchev–Trinajstić information content (AvgIpc) is 2.84. The largest absolute Gasteiger partial charge is 0.355 e. The number of nitrogens with zero attached hydrogens (tertiary/aromatic N) is 3. The highest BCUT2D eigenvalue weighted by atomic mass is 15.2. The lowest BCUT2D eigenvalue weighted by molar-refractivity contribution is 0.198. The molecular formula is C13H24N4. The van der Waals surface area contributed by atoms with Gasteiger partial charge in [0.2, 0.25) is 5.95 Å². The van der Waals surface area contributed by atoms with E-state index >= 15 is 0 Å². The Morgan fingerprint density at radius 3 is 2.71 bits per heavy atom. The number of piperidine rings is 1. The number of nitrogens with one attached hydrogen (secondary N) is 1. The Hall–Kier alpha value is -1.03. The van der Waals surface area contributed by atoms with Crippen LogP contribution in [-0.2, 0) is 6.54 Å². The molecule has 2 heterocycles. The Morgan fingerprint density at radius 2 is 2.06 bits per heavy atom. The molecule has 0 amide bonds. The minimum atomic E-state index is 0.805. The zero-order valence-corrected chi connectivity index (χ0v) is 11.0. The maximum Gasteiger partial charge on any atom is 0.202 e. The standard InChI is InChI=1S/C13H24N4/c1-3-16-8-5-12(6-9-16)11-15-13-14-7-10-17(13)4-2/h7,10,12H,3-6,8-9,11H2,1-2H3,(H,14,15). The van der Waals surface area contributed by atoms with Crippen LogP contribution < -0.4 is 5.32 Å². The van der Waals surface area contributed by atoms with Crippen molar-refractivity contribution in [2.45, 2.75) is 33.2 Å². The molecule has 17 heavy (non-hydrogen) atoms. The molecule has 96 valence electrons. The summed E-state index contributed by atoms with van der Waals surface area (Å²) in [6, 6.07) is 0. The number of hydrogen-bond acceptors (Lipinski definition) is 3. The predicted octanol–water partition coefficient (Wildman–Crippen LogP) is 2.05. The van der Waals surface area contributed by atoms with Crippen LogP contribution in [0.1, 0.15) is 26.7 Å². The third-order valence-electron chi connectivity index (χ3n) is 3.76. The van der Waals surface area contributed by atoms with Crippen molar-refractivity contribution in [1.82, 2.24) is 14.5 Å². The molecule has 4 heteroatoms. The quantitative estimate of drug-likeness (QED) is 0.849. The molecule has 0 atom stereocenters. The third kappa shape index (κ3) is 3.22. The van der Waals surface area contributed by atoms with Crippen LogP contribution in [0.15, 0.2) is 12.4 Å². The summed E-state index contributed by atoms with van der Waals surface area (Å²) in [6.07, 6.45) is 6.52. The van der Waals surface area contributed by atoms with Crippen molar-refractivity contribution in [2.24, 2.45) is 5.92 Å². The van der Waals surface area contributed by atoms with E-state index < -0.39 is 0 Å². The van der Waals surface area contributed by atoms with Crippen molar-refractivity contribution < 1.29 is 0 Å². The molecule has 1 N–H and O–H groups in total. The first kappa shape index (κ1) is 12.4. The second-order valence-electron chi connectivity index (χ2n) is 4.80. The second kappa shape index (κ2) is 6.05. The smallest absolute Gasteiger partial charge is 0.202 e. The fourth-order valence-electron chi connectivity index (χ4n) is 2.47. The number of anilines is 1. The first-order valence-corrected chi connectivity index (χ1v) is 6.80. The van der Waals surface area contributed by atoms with Crippen molar-refractivity contribution in [2.75, 3.05) is 31.5 Å². The fraction of sp³-hybridized carbons (Fsp3) is 0.769. The number of aromatic nitrogens is 2. The summed E-state index contributed by atoms with van der Waals surface area (Å²) < 4.78 is 2.15. The topological polar surface area (TPSA) is 33.1 Å². The minimum Gasteiger partial charge on any atom is -0.355 e. The van der Waals surface area contributed by atoms with Crippen LogP contribution in [0.5, 0.6) is 0 Å². The Kier molecular flexibility index (Phi) is 4.42. The van der Waals surface area contributed by atoms with Gasteiger partial charge >= 0.3 is 0 Å². The van der Waals surface area contributed by atoms with Crippen LogP contribution in [0.25, 0.3) is 0 Å². The highest BCUT2D eigenvalue weighted by Crippen LogP contribution is 2.17. The van der Waals surface area contributed by atoms with E-state index in [0.29, 0.717) is 0 Å². The Balaban J connectivity index is 1.76. The first-order chi connectivity index (χ1) is 8.33. The minimum absolute atomic E-state index is 0.805. The average molecular weight is 236 g/mol. The summed E-state index contributed by atoms with van der Waals surface area (Å²) in [5, 5.41) is 3.48. The molecule has 0 bridgehead atoms. The van der Waals surface area contributed by atoms with Crippen LogP contribution in [-0.4, -0.2) is 40.6 Å². The van der Waals surface area contributed by atoms with E-state index in [1.165, 1.54) is 32.5 Å². The van der Waals surface area contributed by atoms with Crippen molar-refractivity contribution in [3.05, 3.63) is 12.4 Å². The molecule has 1 aliphatic rings. The van der Waals surface area contributed by atoms with E-state index in [0.717, 1.165) is 25.0 Å². The summed E-state index contributed by atoms with van der Waals surface area (Å²) >= 11 is 0. The van der Waals surface area contributed by atoms with Crippen molar-refractivity contribution in [3.63, 3.8) is 0 Å². The number of hydrogen-bond donors (Lipinski definition) is 1. The summed E-state index contributed by atoms with van der Waals surface area (Å²) in [6.45, 7) is 10.1. The fourth-order valence-corrected chi connectivity index (χ4v) is 2.47. The van der Waals surface area contributed by atoms with Gasteiger partial charge in [-0.25, -0.2) is 4.98 Å². The SMILES string of the molecule is CCN1CCC(CNc2nccn2CC)CC1. The van der Waals surface area contributed by atoms with E-state index in [9.17, 15) is 0 Å². The summed E-state index contributed by atoms with van der Waals surface area (Å²) in [4.78, 5) is 6.88. The monoisotopic (exact) mass is 236 g/mol. The van der Waals surface area contributed by atoms with E-state index in [2.05, 4.69) is 33.6 Å². The first-order valence-electron chi connectivity index (χ1n) is 6.80. The molecule has 0 spiro atoms. The van der Waals surface area contributed by atoms with E-state index in [1.807, 2.05) is 12.4 Å². The van der Waals surface area contributed by atoms with Gasteiger partial charge in [0.1, 0.15) is 0 Å². The third-order valence-corrected chi connectivity index (χ3v) is 3.76. The molecule has 1 aromatic rings. The molecule has 1 aromatic heterocycles. The van der Waals surface area contributed by atoms with Crippen LogP contribution in [0, 0.1) is 5.92 Å². The van der Waals surface area contributed by atoms with Crippen LogP contribution in [0.2, 0.25) is 0 Å². The molecule has 0 saturated carbocycles. The molecule has 0 unspecified atom stereocenters. The molecule has 2 rings (SSSR count). The molecule has 1 fully saturated rings. The van der Waals surface area contributed by atoms with Crippen molar-refractivity contribution in [1.29, 1.82) is 0 Å². The maximum atomic E-state index is 4.34. The molecule has 1 aliphatic heterocycles. The Labute approximate surface area is 104 Å². The van der Waals surface area contributed by atoms with Crippen LogP contribution in [0.4, 0.5) is 5.95 Å². The van der Waals surface area contributed by atoms with Gasteiger partial charge in [-0.15, -0.1) is 0 Å². The van der Waals surface area contributed by atoms with Gasteiger partial charge < -0.3 is 14.8 Å². The van der Waals surface area contributed by atoms with Gasteiger partial charge in [0.25, 0.3) is 0 Å². The van der Waals surface area contributed by atoms with Gasteiger partial charge in [-0.1, -0.05) is 6.92 Å². The summed E-state index contributed by atoms with van der Waals surface area (Å²) in [5.41, 5.74) is 0. The lowest BCUT2D eigenvalue weighted by atomic mass is 9.97. The van der Waals surface area contributed by atoms with E-state index in [-0.39, 0.29) is 0 Å². The van der Waals surface area contributed by atoms with Crippen molar-refractivity contribution >= 4 is 5.95 Å². The maximum absolute atomic E-state index is 4.34. The van der Waals surface area contributed by atoms with E-state index in [1.54, 1.807) is 0 Å². The second-order valence-corrected chi connectivity index (χ2v) is 4.80. The number of likely N-dealkylation sites (tertiary alicyclic amines) is 1. The normalized spacial score (nSPS) is 18.5. The highest BCUT2D eigenvalue weighted by Gasteiger charge is 2.18. The van der Waals surface area contributed by atoms with Gasteiger partial charge in [0, 0.05) is 25.5 Å². The number of rotatable bonds is 5. The molecule has 0 aliphatic carbocycles. The van der Waals surface area contributed by atoms with Gasteiger partial charge in [0.05, 0.1) is 0 Å². The molecular weight excluding hydrogens is 212 g/mol. The predicted molar refractivity (Wildman–Crippen MR) is 71.2 cm³/mol. The molecule has 1 saturated heterocycles. The van der Waals surface area contributed by atoms with E-state index in [4.69, 9.17) is 0 Å². The van der Waals surface area contributed by atoms with Gasteiger partial charge in [0.15, 0.2) is 0 Å². The highest BCUT2D eigenvalue weighted by molar-refractivity contribution is 5.25. The van der Waals surface area contributed by atoms with Gasteiger partial charge in [-0.2, -0.15) is 0 Å². The summed E-state index contributed by atoms with van der Waals surface area (Å²) in [5.74, 6) is 1.82. The Morgan fingerprint density at radius 1 is 1.29 bits per heavy atom. The zero-order chi connectivity index (χ0) is 12.1. The molecule has 0 radical (unpaired) electrons. The van der Waals surface area contributed by atoms with Crippen molar-refractivity contribution in [3.8, 4) is 0 Å². The number of imidazole rings is 1. The van der Waals surface area contributed by atoms with Crippen LogP contribution >= 0.6 is 0 Å². The van der Waals surface area contributed by atoms with Crippen LogP contribution in [0.3, 0.4) is 0 Å². The number of aryl methyl sites for hydroxylation is 1. The lowest BCUT2D eigenvalue weighted by Gasteiger charge is -2.31. The lowest BCUT2D eigenvalue weighted by Crippen LogP contribution is -2.35. The van der Waals surface area contributed by atoms with Gasteiger partial charge in [-0.3, -0.25) is 0 Å². The van der Waals surface area contributed by atoms with Gasteiger partial charge in [-0.05, 0) is 45.3 Å².